The van der Waals surface area contributed by atoms with Gasteiger partial charge in [0.15, 0.2) is 9.84 Å². The maximum atomic E-state index is 13.0. The maximum Gasteiger partial charge on any atom is 0.219 e. The molecule has 1 amide bonds. The summed E-state index contributed by atoms with van der Waals surface area (Å²) in [7, 11) is -3.82. The number of hydrogen-bond acceptors (Lipinski definition) is 4. The molecular weight excluding hydrogens is 309 g/mol. The van der Waals surface area contributed by atoms with E-state index in [1.165, 1.54) is 24.5 Å². The SMILES string of the molecule is CCC(=O)NCC(c1ccco1)S(=O)(=O)c1ccc(F)cc1. The largest absolute Gasteiger partial charge is 0.468 e. The van der Waals surface area contributed by atoms with E-state index in [4.69, 9.17) is 4.42 Å². The van der Waals surface area contributed by atoms with E-state index < -0.39 is 20.9 Å². The van der Waals surface area contributed by atoms with Crippen LogP contribution in [0.4, 0.5) is 4.39 Å². The van der Waals surface area contributed by atoms with Crippen molar-refractivity contribution in [1.29, 1.82) is 0 Å². The maximum absolute atomic E-state index is 13.0. The van der Waals surface area contributed by atoms with E-state index in [-0.39, 0.29) is 29.5 Å². The lowest BCUT2D eigenvalue weighted by atomic mass is 10.3. The fourth-order valence-corrected chi connectivity index (χ4v) is 3.54. The molecule has 5 nitrogen and oxygen atoms in total. The van der Waals surface area contributed by atoms with E-state index in [0.717, 1.165) is 12.1 Å². The van der Waals surface area contributed by atoms with Crippen LogP contribution in [0.1, 0.15) is 24.4 Å². The minimum absolute atomic E-state index is 0.0268. The molecule has 1 atom stereocenters. The van der Waals surface area contributed by atoms with Crippen LogP contribution in [0.2, 0.25) is 0 Å². The zero-order valence-corrected chi connectivity index (χ0v) is 12.8. The number of hydrogen-bond donors (Lipinski definition) is 1. The van der Waals surface area contributed by atoms with Gasteiger partial charge in [-0.15, -0.1) is 0 Å². The molecule has 0 aliphatic carbocycles. The van der Waals surface area contributed by atoms with Gasteiger partial charge in [0.25, 0.3) is 0 Å². The Kier molecular flexibility index (Phi) is 4.97. The third-order valence-electron chi connectivity index (χ3n) is 3.18. The number of furan rings is 1. The summed E-state index contributed by atoms with van der Waals surface area (Å²) in [5, 5.41) is 1.49. The zero-order valence-electron chi connectivity index (χ0n) is 12.0. The molecule has 118 valence electrons. The van der Waals surface area contributed by atoms with Crippen LogP contribution in [-0.4, -0.2) is 20.9 Å². The van der Waals surface area contributed by atoms with Gasteiger partial charge in [0.05, 0.1) is 11.2 Å². The first kappa shape index (κ1) is 16.2. The molecule has 0 spiro atoms. The van der Waals surface area contributed by atoms with E-state index >= 15 is 0 Å². The van der Waals surface area contributed by atoms with Gasteiger partial charge < -0.3 is 9.73 Å². The minimum atomic E-state index is -3.82. The molecule has 7 heteroatoms. The van der Waals surface area contributed by atoms with Crippen molar-refractivity contribution in [2.45, 2.75) is 23.5 Å². The molecule has 0 aliphatic rings. The van der Waals surface area contributed by atoms with Gasteiger partial charge in [-0.1, -0.05) is 6.92 Å². The number of amides is 1. The fourth-order valence-electron chi connectivity index (χ4n) is 1.96. The summed E-state index contributed by atoms with van der Waals surface area (Å²) in [4.78, 5) is 11.4. The first-order chi connectivity index (χ1) is 10.4. The highest BCUT2D eigenvalue weighted by Gasteiger charge is 2.31. The minimum Gasteiger partial charge on any atom is -0.468 e. The molecule has 0 radical (unpaired) electrons. The van der Waals surface area contributed by atoms with Gasteiger partial charge in [0, 0.05) is 13.0 Å². The predicted molar refractivity (Wildman–Crippen MR) is 78.3 cm³/mol. The van der Waals surface area contributed by atoms with Crippen molar-refractivity contribution in [1.82, 2.24) is 5.32 Å². The van der Waals surface area contributed by atoms with Gasteiger partial charge >= 0.3 is 0 Å². The number of rotatable bonds is 6. The monoisotopic (exact) mass is 325 g/mol. The Morgan fingerprint density at radius 3 is 2.50 bits per heavy atom. The standard InChI is InChI=1S/C15H16FNO4S/c1-2-15(18)17-10-14(13-4-3-9-21-13)22(19,20)12-7-5-11(16)6-8-12/h3-9,14H,2,10H2,1H3,(H,17,18). The average Bonchev–Trinajstić information content (AvgIpc) is 3.01. The van der Waals surface area contributed by atoms with Crippen LogP contribution in [0, 0.1) is 5.82 Å². The summed E-state index contributed by atoms with van der Waals surface area (Å²) in [5.41, 5.74) is 0. The Balaban J connectivity index is 2.35. The Morgan fingerprint density at radius 2 is 1.95 bits per heavy atom. The third kappa shape index (κ3) is 3.54. The van der Waals surface area contributed by atoms with E-state index in [2.05, 4.69) is 5.32 Å². The van der Waals surface area contributed by atoms with Crippen LogP contribution in [-0.2, 0) is 14.6 Å². The Morgan fingerprint density at radius 1 is 1.27 bits per heavy atom. The van der Waals surface area contributed by atoms with Gasteiger partial charge in [0.1, 0.15) is 16.8 Å². The molecular formula is C15H16FNO4S. The number of halogens is 1. The molecule has 0 fully saturated rings. The highest BCUT2D eigenvalue weighted by atomic mass is 32.2. The molecule has 1 aromatic heterocycles. The smallest absolute Gasteiger partial charge is 0.219 e. The van der Waals surface area contributed by atoms with Gasteiger partial charge in [0.2, 0.25) is 5.91 Å². The summed E-state index contributed by atoms with van der Waals surface area (Å²) >= 11 is 0. The normalized spacial score (nSPS) is 12.8. The quantitative estimate of drug-likeness (QED) is 0.828. The van der Waals surface area contributed by atoms with Crippen molar-refractivity contribution in [3.8, 4) is 0 Å². The zero-order chi connectivity index (χ0) is 16.2. The summed E-state index contributed by atoms with van der Waals surface area (Å²) in [6.45, 7) is 1.56. The van der Waals surface area contributed by atoms with Crippen LogP contribution in [0.25, 0.3) is 0 Å². The lowest BCUT2D eigenvalue weighted by Crippen LogP contribution is -2.31. The van der Waals surface area contributed by atoms with Crippen LogP contribution >= 0.6 is 0 Å². The van der Waals surface area contributed by atoms with E-state index in [9.17, 15) is 17.6 Å². The molecule has 1 N–H and O–H groups in total. The van der Waals surface area contributed by atoms with Crippen molar-refractivity contribution in [3.05, 3.63) is 54.2 Å². The van der Waals surface area contributed by atoms with Crippen molar-refractivity contribution in [3.63, 3.8) is 0 Å². The first-order valence-electron chi connectivity index (χ1n) is 6.74. The summed E-state index contributed by atoms with van der Waals surface area (Å²) < 4.78 is 43.6. The molecule has 22 heavy (non-hydrogen) atoms. The van der Waals surface area contributed by atoms with Crippen molar-refractivity contribution < 1.29 is 22.0 Å². The highest BCUT2D eigenvalue weighted by Crippen LogP contribution is 2.29. The third-order valence-corrected chi connectivity index (χ3v) is 5.26. The molecule has 2 rings (SSSR count). The second-order valence-electron chi connectivity index (χ2n) is 4.66. The van der Waals surface area contributed by atoms with Crippen molar-refractivity contribution in [2.75, 3.05) is 6.54 Å². The molecule has 0 saturated heterocycles. The lowest BCUT2D eigenvalue weighted by molar-refractivity contribution is -0.120. The molecule has 0 saturated carbocycles. The molecule has 1 heterocycles. The molecule has 1 aromatic carbocycles. The van der Waals surface area contributed by atoms with Gasteiger partial charge in [-0.2, -0.15) is 0 Å². The Labute approximate surface area is 128 Å². The molecule has 0 aliphatic heterocycles. The van der Waals surface area contributed by atoms with Crippen LogP contribution < -0.4 is 5.32 Å². The van der Waals surface area contributed by atoms with E-state index in [1.807, 2.05) is 0 Å². The predicted octanol–water partition coefficient (Wildman–Crippen LogP) is 2.46. The van der Waals surface area contributed by atoms with Crippen LogP contribution in [0.5, 0.6) is 0 Å². The Hall–Kier alpha value is -2.15. The molecule has 1 unspecified atom stereocenters. The topological polar surface area (TPSA) is 76.4 Å². The van der Waals surface area contributed by atoms with Crippen LogP contribution in [0.3, 0.4) is 0 Å². The van der Waals surface area contributed by atoms with Crippen LogP contribution in [0.15, 0.2) is 52.0 Å². The first-order valence-corrected chi connectivity index (χ1v) is 8.29. The summed E-state index contributed by atoms with van der Waals surface area (Å²) in [5.74, 6) is -0.556. The van der Waals surface area contributed by atoms with E-state index in [1.54, 1.807) is 13.0 Å². The van der Waals surface area contributed by atoms with Crippen molar-refractivity contribution >= 4 is 15.7 Å². The van der Waals surface area contributed by atoms with E-state index in [0.29, 0.717) is 0 Å². The molecule has 0 bridgehead atoms. The summed E-state index contributed by atoms with van der Waals surface area (Å²) in [6, 6.07) is 7.66. The highest BCUT2D eigenvalue weighted by molar-refractivity contribution is 7.91. The van der Waals surface area contributed by atoms with Gasteiger partial charge in [-0.05, 0) is 36.4 Å². The number of carbonyl (C=O) groups excluding carboxylic acids is 1. The number of benzene rings is 1. The average molecular weight is 325 g/mol. The van der Waals surface area contributed by atoms with Gasteiger partial charge in [-0.3, -0.25) is 4.79 Å². The Bertz CT molecular complexity index is 723. The van der Waals surface area contributed by atoms with Crippen molar-refractivity contribution in [2.24, 2.45) is 0 Å². The number of sulfone groups is 1. The molecule has 2 aromatic rings. The summed E-state index contributed by atoms with van der Waals surface area (Å²) in [6.07, 6.45) is 1.62. The fraction of sp³-hybridized carbons (Fsp3) is 0.267. The second-order valence-corrected chi connectivity index (χ2v) is 6.79. The second kappa shape index (κ2) is 6.74. The lowest BCUT2D eigenvalue weighted by Gasteiger charge is -2.16. The van der Waals surface area contributed by atoms with Gasteiger partial charge in [-0.25, -0.2) is 12.8 Å². The number of nitrogens with one attached hydrogen (secondary N) is 1. The number of carbonyl (C=O) groups is 1.